The van der Waals surface area contributed by atoms with Gasteiger partial charge in [-0.1, -0.05) is 5.16 Å². The zero-order chi connectivity index (χ0) is 13.3. The van der Waals surface area contributed by atoms with Crippen molar-refractivity contribution in [2.45, 2.75) is 26.4 Å². The quantitative estimate of drug-likeness (QED) is 0.841. The van der Waals surface area contributed by atoms with Crippen molar-refractivity contribution in [3.05, 3.63) is 24.0 Å². The Hall–Kier alpha value is -1.88. The smallest absolute Gasteiger partial charge is 0.209 e. The molecule has 5 heteroatoms. The number of ether oxygens (including phenoxy) is 1. The monoisotopic (exact) mass is 249 g/mol. The van der Waals surface area contributed by atoms with Gasteiger partial charge in [0.05, 0.1) is 11.0 Å². The first-order chi connectivity index (χ1) is 8.37. The Morgan fingerprint density at radius 3 is 2.83 bits per heavy atom. The van der Waals surface area contributed by atoms with Crippen LogP contribution in [0, 0.1) is 0 Å². The molecule has 0 atom stereocenters. The fourth-order valence-electron chi connectivity index (χ4n) is 1.53. The van der Waals surface area contributed by atoms with E-state index >= 15 is 0 Å². The lowest BCUT2D eigenvalue weighted by atomic mass is 10.1. The molecule has 2 rings (SSSR count). The second kappa shape index (κ2) is 4.42. The molecule has 0 spiro atoms. The molecule has 0 aliphatic heterocycles. The standard InChI is InChI=1S/C13H15NO4/c1-8(15)12-10-5-4-9(6-11(10)14-18-12)17-7-13(2,3)16/h4-6,16H,7H2,1-3H3. The molecular formula is C13H15NO4. The minimum Gasteiger partial charge on any atom is -0.491 e. The zero-order valence-corrected chi connectivity index (χ0v) is 10.6. The van der Waals surface area contributed by atoms with Crippen molar-refractivity contribution in [2.24, 2.45) is 0 Å². The lowest BCUT2D eigenvalue weighted by molar-refractivity contribution is 0.0285. The van der Waals surface area contributed by atoms with Crippen LogP contribution >= 0.6 is 0 Å². The number of rotatable bonds is 4. The van der Waals surface area contributed by atoms with Crippen LogP contribution < -0.4 is 4.74 Å². The number of benzene rings is 1. The van der Waals surface area contributed by atoms with Gasteiger partial charge >= 0.3 is 0 Å². The third-order valence-electron chi connectivity index (χ3n) is 2.36. The third-order valence-corrected chi connectivity index (χ3v) is 2.36. The van der Waals surface area contributed by atoms with Crippen molar-refractivity contribution in [2.75, 3.05) is 6.61 Å². The number of nitrogens with zero attached hydrogens (tertiary/aromatic N) is 1. The number of ketones is 1. The van der Waals surface area contributed by atoms with Crippen LogP contribution in [0.1, 0.15) is 31.3 Å². The highest BCUT2D eigenvalue weighted by atomic mass is 16.5. The summed E-state index contributed by atoms with van der Waals surface area (Å²) in [6.45, 7) is 4.93. The van der Waals surface area contributed by atoms with Crippen molar-refractivity contribution in [3.63, 3.8) is 0 Å². The average molecular weight is 249 g/mol. The summed E-state index contributed by atoms with van der Waals surface area (Å²) in [5, 5.41) is 14.0. The van der Waals surface area contributed by atoms with Crippen molar-refractivity contribution in [3.8, 4) is 5.75 Å². The summed E-state index contributed by atoms with van der Waals surface area (Å²) in [5.41, 5.74) is -0.336. The number of carbonyl (C=O) groups is 1. The van der Waals surface area contributed by atoms with E-state index in [0.717, 1.165) is 0 Å². The van der Waals surface area contributed by atoms with E-state index in [-0.39, 0.29) is 18.2 Å². The highest BCUT2D eigenvalue weighted by Gasteiger charge is 2.15. The maximum absolute atomic E-state index is 11.3. The van der Waals surface area contributed by atoms with Crippen LogP contribution in [0.3, 0.4) is 0 Å². The van der Waals surface area contributed by atoms with Gasteiger partial charge in [-0.15, -0.1) is 0 Å². The second-order valence-corrected chi connectivity index (χ2v) is 4.85. The van der Waals surface area contributed by atoms with E-state index in [1.807, 2.05) is 0 Å². The van der Waals surface area contributed by atoms with Gasteiger partial charge in [-0.25, -0.2) is 0 Å². The minimum atomic E-state index is -0.899. The van der Waals surface area contributed by atoms with Gasteiger partial charge in [-0.2, -0.15) is 0 Å². The molecule has 0 amide bonds. The van der Waals surface area contributed by atoms with Gasteiger partial charge in [0.25, 0.3) is 0 Å². The number of fused-ring (bicyclic) bond motifs is 1. The van der Waals surface area contributed by atoms with Crippen LogP contribution in [-0.4, -0.2) is 28.3 Å². The van der Waals surface area contributed by atoms with Crippen molar-refractivity contribution < 1.29 is 19.2 Å². The van der Waals surface area contributed by atoms with Crippen LogP contribution in [0.5, 0.6) is 5.75 Å². The lowest BCUT2D eigenvalue weighted by Crippen LogP contribution is -2.27. The van der Waals surface area contributed by atoms with Gasteiger partial charge in [0.2, 0.25) is 5.76 Å². The van der Waals surface area contributed by atoms with Gasteiger partial charge in [-0.05, 0) is 26.0 Å². The summed E-state index contributed by atoms with van der Waals surface area (Å²) < 4.78 is 10.4. The number of Topliss-reactive ketones (excluding diaryl/α,β-unsaturated/α-hetero) is 1. The topological polar surface area (TPSA) is 72.6 Å². The molecule has 0 saturated heterocycles. The number of aliphatic hydroxyl groups is 1. The minimum absolute atomic E-state index is 0.164. The molecule has 2 aromatic rings. The number of carbonyl (C=O) groups excluding carboxylic acids is 1. The maximum Gasteiger partial charge on any atom is 0.209 e. The Morgan fingerprint density at radius 2 is 2.22 bits per heavy atom. The zero-order valence-electron chi connectivity index (χ0n) is 10.6. The van der Waals surface area contributed by atoms with Gasteiger partial charge in [-0.3, -0.25) is 4.79 Å². The Bertz CT molecular complexity index is 580. The molecular weight excluding hydrogens is 234 g/mol. The molecule has 18 heavy (non-hydrogen) atoms. The lowest BCUT2D eigenvalue weighted by Gasteiger charge is -2.17. The highest BCUT2D eigenvalue weighted by Crippen LogP contribution is 2.24. The maximum atomic E-state index is 11.3. The van der Waals surface area contributed by atoms with Crippen molar-refractivity contribution in [1.82, 2.24) is 5.16 Å². The van der Waals surface area contributed by atoms with Crippen molar-refractivity contribution >= 4 is 16.7 Å². The summed E-state index contributed by atoms with van der Waals surface area (Å²) in [4.78, 5) is 11.3. The molecule has 0 bridgehead atoms. The molecule has 1 N–H and O–H groups in total. The van der Waals surface area contributed by atoms with Crippen LogP contribution in [0.15, 0.2) is 22.7 Å². The molecule has 1 heterocycles. The molecule has 0 saturated carbocycles. The van der Waals surface area contributed by atoms with Gasteiger partial charge in [0.15, 0.2) is 5.78 Å². The Morgan fingerprint density at radius 1 is 1.50 bits per heavy atom. The van der Waals surface area contributed by atoms with Gasteiger partial charge < -0.3 is 14.4 Å². The molecule has 0 fully saturated rings. The normalized spacial score (nSPS) is 11.8. The van der Waals surface area contributed by atoms with Crippen LogP contribution in [0.25, 0.3) is 10.9 Å². The Labute approximate surface area is 104 Å². The average Bonchev–Trinajstić information content (AvgIpc) is 2.68. The molecule has 1 aromatic carbocycles. The molecule has 1 aromatic heterocycles. The number of aromatic nitrogens is 1. The SMILES string of the molecule is CC(=O)c1onc2cc(OCC(C)(C)O)ccc12. The molecule has 0 aliphatic rings. The fourth-order valence-corrected chi connectivity index (χ4v) is 1.53. The number of hydrogen-bond donors (Lipinski definition) is 1. The summed E-state index contributed by atoms with van der Waals surface area (Å²) in [5.74, 6) is 0.662. The summed E-state index contributed by atoms with van der Waals surface area (Å²) in [6.07, 6.45) is 0. The molecule has 0 aliphatic carbocycles. The first-order valence-corrected chi connectivity index (χ1v) is 5.62. The highest BCUT2D eigenvalue weighted by molar-refractivity contribution is 6.03. The predicted molar refractivity (Wildman–Crippen MR) is 65.8 cm³/mol. The van der Waals surface area contributed by atoms with E-state index in [1.165, 1.54) is 6.92 Å². The Kier molecular flexibility index (Phi) is 3.09. The van der Waals surface area contributed by atoms with E-state index < -0.39 is 5.60 Å². The first kappa shape index (κ1) is 12.6. The van der Waals surface area contributed by atoms with E-state index in [1.54, 1.807) is 32.0 Å². The fraction of sp³-hybridized carbons (Fsp3) is 0.385. The second-order valence-electron chi connectivity index (χ2n) is 4.85. The van der Waals surface area contributed by atoms with E-state index in [4.69, 9.17) is 9.26 Å². The van der Waals surface area contributed by atoms with E-state index in [9.17, 15) is 9.90 Å². The summed E-state index contributed by atoms with van der Waals surface area (Å²) in [7, 11) is 0. The van der Waals surface area contributed by atoms with Gasteiger partial charge in [0, 0.05) is 13.0 Å². The summed E-state index contributed by atoms with van der Waals surface area (Å²) in [6, 6.07) is 5.12. The molecule has 96 valence electrons. The number of hydrogen-bond acceptors (Lipinski definition) is 5. The molecule has 0 radical (unpaired) electrons. The van der Waals surface area contributed by atoms with Crippen molar-refractivity contribution in [1.29, 1.82) is 0 Å². The van der Waals surface area contributed by atoms with E-state index in [2.05, 4.69) is 5.16 Å². The summed E-state index contributed by atoms with van der Waals surface area (Å²) >= 11 is 0. The van der Waals surface area contributed by atoms with Crippen LogP contribution in [-0.2, 0) is 0 Å². The third kappa shape index (κ3) is 2.68. The van der Waals surface area contributed by atoms with Crippen LogP contribution in [0.2, 0.25) is 0 Å². The largest absolute Gasteiger partial charge is 0.491 e. The molecule has 0 unspecified atom stereocenters. The van der Waals surface area contributed by atoms with Crippen LogP contribution in [0.4, 0.5) is 0 Å². The predicted octanol–water partition coefficient (Wildman–Crippen LogP) is 2.18. The van der Waals surface area contributed by atoms with E-state index in [0.29, 0.717) is 16.7 Å². The Balaban J connectivity index is 2.26. The first-order valence-electron chi connectivity index (χ1n) is 5.62. The van der Waals surface area contributed by atoms with Gasteiger partial charge in [0.1, 0.15) is 17.9 Å². The molecule has 5 nitrogen and oxygen atoms in total.